The number of hydrogen-bond acceptors (Lipinski definition) is 2. The van der Waals surface area contributed by atoms with Gasteiger partial charge in [-0.15, -0.1) is 0 Å². The highest BCUT2D eigenvalue weighted by atomic mass is 79.9. The van der Waals surface area contributed by atoms with E-state index < -0.39 is 0 Å². The van der Waals surface area contributed by atoms with E-state index in [1.54, 1.807) is 0 Å². The smallest absolute Gasteiger partial charge is 0.253 e. The van der Waals surface area contributed by atoms with E-state index in [1.165, 1.54) is 0 Å². The molecule has 2 heterocycles. The van der Waals surface area contributed by atoms with E-state index in [0.717, 1.165) is 42.5 Å². The number of carbonyl (C=O) groups is 1. The minimum Gasteiger partial charge on any atom is -0.339 e. The van der Waals surface area contributed by atoms with Crippen LogP contribution in [0.3, 0.4) is 0 Å². The van der Waals surface area contributed by atoms with Gasteiger partial charge in [-0.3, -0.25) is 4.79 Å². The van der Waals surface area contributed by atoms with Gasteiger partial charge < -0.3 is 9.47 Å². The lowest BCUT2D eigenvalue weighted by Crippen LogP contribution is -2.39. The molecule has 21 heavy (non-hydrogen) atoms. The first-order valence-electron chi connectivity index (χ1n) is 7.23. The van der Waals surface area contributed by atoms with Crippen LogP contribution in [-0.4, -0.2) is 33.4 Å². The fourth-order valence-electron chi connectivity index (χ4n) is 2.82. The molecule has 1 saturated heterocycles. The fraction of sp³-hybridized carbons (Fsp3) is 0.375. The minimum atomic E-state index is 0.136. The third-order valence-electron chi connectivity index (χ3n) is 4.00. The van der Waals surface area contributed by atoms with Gasteiger partial charge in [-0.05, 0) is 37.0 Å². The molecule has 1 aromatic carbocycles. The molecule has 0 aliphatic carbocycles. The van der Waals surface area contributed by atoms with Crippen molar-refractivity contribution in [3.63, 3.8) is 0 Å². The molecule has 0 atom stereocenters. The summed E-state index contributed by atoms with van der Waals surface area (Å²) in [4.78, 5) is 18.5. The van der Waals surface area contributed by atoms with Crippen molar-refractivity contribution in [3.8, 4) is 0 Å². The maximum Gasteiger partial charge on any atom is 0.253 e. The molecule has 0 saturated carbocycles. The van der Waals surface area contributed by atoms with Crippen LogP contribution in [0.4, 0.5) is 0 Å². The van der Waals surface area contributed by atoms with Crippen molar-refractivity contribution in [1.82, 2.24) is 14.5 Å². The van der Waals surface area contributed by atoms with Gasteiger partial charge in [0, 0.05) is 42.1 Å². The van der Waals surface area contributed by atoms with Crippen LogP contribution < -0.4 is 0 Å². The standard InChI is InChI=1S/C16H18BrN3O/c17-15-3-1-2-14(10-15)16(21)20-7-4-13(5-8-20)11-19-9-6-18-12-19/h1-3,6,9-10,12-13H,4-5,7-8,11H2. The van der Waals surface area contributed by atoms with E-state index in [0.29, 0.717) is 5.92 Å². The lowest BCUT2D eigenvalue weighted by molar-refractivity contribution is 0.0683. The zero-order chi connectivity index (χ0) is 14.7. The third-order valence-corrected chi connectivity index (χ3v) is 4.49. The van der Waals surface area contributed by atoms with Crippen molar-refractivity contribution in [2.24, 2.45) is 5.92 Å². The van der Waals surface area contributed by atoms with Gasteiger partial charge in [-0.1, -0.05) is 22.0 Å². The summed E-state index contributed by atoms with van der Waals surface area (Å²) in [7, 11) is 0. The molecule has 4 nitrogen and oxygen atoms in total. The summed E-state index contributed by atoms with van der Waals surface area (Å²) in [5, 5.41) is 0. The Kier molecular flexibility index (Phi) is 4.39. The van der Waals surface area contributed by atoms with Crippen LogP contribution in [0.2, 0.25) is 0 Å². The number of benzene rings is 1. The van der Waals surface area contributed by atoms with Gasteiger partial charge in [0.2, 0.25) is 0 Å². The van der Waals surface area contributed by atoms with Crippen LogP contribution in [0.1, 0.15) is 23.2 Å². The Balaban J connectivity index is 1.57. The van der Waals surface area contributed by atoms with Crippen LogP contribution in [0.25, 0.3) is 0 Å². The first kappa shape index (κ1) is 14.3. The van der Waals surface area contributed by atoms with Crippen molar-refractivity contribution in [2.45, 2.75) is 19.4 Å². The van der Waals surface area contributed by atoms with E-state index in [2.05, 4.69) is 25.5 Å². The maximum absolute atomic E-state index is 12.5. The van der Waals surface area contributed by atoms with Crippen molar-refractivity contribution in [1.29, 1.82) is 0 Å². The predicted molar refractivity (Wildman–Crippen MR) is 85.0 cm³/mol. The largest absolute Gasteiger partial charge is 0.339 e. The second-order valence-electron chi connectivity index (χ2n) is 5.51. The highest BCUT2D eigenvalue weighted by Gasteiger charge is 2.23. The summed E-state index contributed by atoms with van der Waals surface area (Å²) in [5.41, 5.74) is 0.762. The van der Waals surface area contributed by atoms with Crippen LogP contribution in [0.5, 0.6) is 0 Å². The SMILES string of the molecule is O=C(c1cccc(Br)c1)N1CCC(Cn2ccnc2)CC1. The van der Waals surface area contributed by atoms with Gasteiger partial charge in [0.1, 0.15) is 0 Å². The van der Waals surface area contributed by atoms with Crippen LogP contribution in [0, 0.1) is 5.92 Å². The lowest BCUT2D eigenvalue weighted by atomic mass is 9.96. The molecule has 1 amide bonds. The number of hydrogen-bond donors (Lipinski definition) is 0. The molecule has 1 aliphatic heterocycles. The number of piperidine rings is 1. The molecule has 2 aromatic rings. The number of aromatic nitrogens is 2. The molecular weight excluding hydrogens is 330 g/mol. The van der Waals surface area contributed by atoms with E-state index >= 15 is 0 Å². The third kappa shape index (κ3) is 3.53. The number of imidazole rings is 1. The van der Waals surface area contributed by atoms with Crippen LogP contribution >= 0.6 is 15.9 Å². The number of carbonyl (C=O) groups excluding carboxylic acids is 1. The summed E-state index contributed by atoms with van der Waals surface area (Å²) in [6, 6.07) is 7.61. The van der Waals surface area contributed by atoms with Gasteiger partial charge in [-0.25, -0.2) is 4.98 Å². The Bertz CT molecular complexity index is 604. The summed E-state index contributed by atoms with van der Waals surface area (Å²) < 4.78 is 3.07. The predicted octanol–water partition coefficient (Wildman–Crippen LogP) is 3.20. The van der Waals surface area contributed by atoms with Crippen molar-refractivity contribution in [2.75, 3.05) is 13.1 Å². The van der Waals surface area contributed by atoms with Gasteiger partial charge in [0.25, 0.3) is 5.91 Å². The first-order valence-corrected chi connectivity index (χ1v) is 8.02. The van der Waals surface area contributed by atoms with E-state index in [9.17, 15) is 4.79 Å². The summed E-state index contributed by atoms with van der Waals surface area (Å²) >= 11 is 3.42. The summed E-state index contributed by atoms with van der Waals surface area (Å²) in [6.45, 7) is 2.67. The molecule has 1 aliphatic rings. The Morgan fingerprint density at radius 2 is 2.14 bits per heavy atom. The number of amides is 1. The molecule has 5 heteroatoms. The van der Waals surface area contributed by atoms with E-state index in [-0.39, 0.29) is 5.91 Å². The minimum absolute atomic E-state index is 0.136. The Morgan fingerprint density at radius 1 is 1.33 bits per heavy atom. The number of halogens is 1. The average Bonchev–Trinajstić information content (AvgIpc) is 3.00. The number of nitrogens with zero attached hydrogens (tertiary/aromatic N) is 3. The second-order valence-corrected chi connectivity index (χ2v) is 6.42. The Morgan fingerprint density at radius 3 is 2.81 bits per heavy atom. The first-order chi connectivity index (χ1) is 10.2. The highest BCUT2D eigenvalue weighted by molar-refractivity contribution is 9.10. The molecule has 0 spiro atoms. The van der Waals surface area contributed by atoms with Gasteiger partial charge in [0.05, 0.1) is 6.33 Å². The number of likely N-dealkylation sites (tertiary alicyclic amines) is 1. The molecular formula is C16H18BrN3O. The average molecular weight is 348 g/mol. The second kappa shape index (κ2) is 6.43. The van der Waals surface area contributed by atoms with Crippen molar-refractivity contribution < 1.29 is 4.79 Å². The monoisotopic (exact) mass is 347 g/mol. The topological polar surface area (TPSA) is 38.1 Å². The zero-order valence-corrected chi connectivity index (χ0v) is 13.4. The van der Waals surface area contributed by atoms with Gasteiger partial charge in [0.15, 0.2) is 0 Å². The molecule has 0 unspecified atom stereocenters. The fourth-order valence-corrected chi connectivity index (χ4v) is 3.21. The van der Waals surface area contributed by atoms with Gasteiger partial charge >= 0.3 is 0 Å². The van der Waals surface area contributed by atoms with E-state index in [4.69, 9.17) is 0 Å². The molecule has 0 bridgehead atoms. The Labute approximate surface area is 132 Å². The molecule has 3 rings (SSSR count). The molecule has 0 radical (unpaired) electrons. The van der Waals surface area contributed by atoms with E-state index in [1.807, 2.05) is 47.9 Å². The summed E-state index contributed by atoms with van der Waals surface area (Å²) in [6.07, 6.45) is 7.78. The van der Waals surface area contributed by atoms with Crippen LogP contribution in [-0.2, 0) is 6.54 Å². The summed E-state index contributed by atoms with van der Waals surface area (Å²) in [5.74, 6) is 0.767. The van der Waals surface area contributed by atoms with Crippen molar-refractivity contribution >= 4 is 21.8 Å². The highest BCUT2D eigenvalue weighted by Crippen LogP contribution is 2.21. The quantitative estimate of drug-likeness (QED) is 0.854. The van der Waals surface area contributed by atoms with Crippen molar-refractivity contribution in [3.05, 3.63) is 53.0 Å². The van der Waals surface area contributed by atoms with Crippen LogP contribution in [0.15, 0.2) is 47.5 Å². The number of rotatable bonds is 3. The molecule has 1 fully saturated rings. The zero-order valence-electron chi connectivity index (χ0n) is 11.8. The van der Waals surface area contributed by atoms with Gasteiger partial charge in [-0.2, -0.15) is 0 Å². The molecule has 110 valence electrons. The Hall–Kier alpha value is -1.62. The lowest BCUT2D eigenvalue weighted by Gasteiger charge is -2.32. The maximum atomic E-state index is 12.5. The molecule has 0 N–H and O–H groups in total. The normalized spacial score (nSPS) is 16.1. The molecule has 1 aromatic heterocycles.